The average molecular weight is 426 g/mol. The number of likely N-dealkylation sites (tertiary alicyclic amines) is 1. The summed E-state index contributed by atoms with van der Waals surface area (Å²) < 4.78 is 5.03. The molecule has 8 heteroatoms. The van der Waals surface area contributed by atoms with Crippen molar-refractivity contribution in [3.63, 3.8) is 0 Å². The molecule has 1 amide bonds. The summed E-state index contributed by atoms with van der Waals surface area (Å²) in [6, 6.07) is 7.82. The summed E-state index contributed by atoms with van der Waals surface area (Å²) in [7, 11) is 1.45. The van der Waals surface area contributed by atoms with Gasteiger partial charge in [0.1, 0.15) is 17.7 Å². The summed E-state index contributed by atoms with van der Waals surface area (Å²) in [5, 5.41) is 1.02. The molecule has 0 aliphatic carbocycles. The Morgan fingerprint density at radius 1 is 1.03 bits per heavy atom. The predicted molar refractivity (Wildman–Crippen MR) is 119 cm³/mol. The van der Waals surface area contributed by atoms with Crippen LogP contribution in [-0.4, -0.2) is 77.5 Å². The van der Waals surface area contributed by atoms with E-state index < -0.39 is 0 Å². The maximum Gasteiger partial charge on any atom is 0.323 e. The van der Waals surface area contributed by atoms with Crippen LogP contribution >= 0.6 is 0 Å². The molecule has 1 atom stereocenters. The summed E-state index contributed by atoms with van der Waals surface area (Å²) >= 11 is 0. The monoisotopic (exact) mass is 425 g/mol. The zero-order valence-corrected chi connectivity index (χ0v) is 18.4. The Bertz CT molecular complexity index is 950. The molecule has 2 saturated heterocycles. The highest BCUT2D eigenvalue weighted by Gasteiger charge is 2.30. The molecule has 166 valence electrons. The second-order valence-corrected chi connectivity index (χ2v) is 8.33. The first-order valence-corrected chi connectivity index (χ1v) is 11.1. The highest BCUT2D eigenvalue weighted by atomic mass is 16.5. The number of carbonyl (C=O) groups is 2. The van der Waals surface area contributed by atoms with Gasteiger partial charge in [0, 0.05) is 38.5 Å². The summed E-state index contributed by atoms with van der Waals surface area (Å²) in [6.07, 6.45) is 3.80. The Labute approximate surface area is 183 Å². The van der Waals surface area contributed by atoms with Crippen molar-refractivity contribution < 1.29 is 14.3 Å². The third kappa shape index (κ3) is 4.79. The van der Waals surface area contributed by atoms with Gasteiger partial charge in [0.2, 0.25) is 5.91 Å². The van der Waals surface area contributed by atoms with Crippen molar-refractivity contribution in [2.24, 2.45) is 0 Å². The van der Waals surface area contributed by atoms with E-state index in [0.29, 0.717) is 13.1 Å². The van der Waals surface area contributed by atoms with Crippen molar-refractivity contribution in [3.8, 4) is 0 Å². The smallest absolute Gasteiger partial charge is 0.323 e. The van der Waals surface area contributed by atoms with Crippen molar-refractivity contribution >= 4 is 28.6 Å². The second kappa shape index (κ2) is 9.60. The van der Waals surface area contributed by atoms with Gasteiger partial charge in [0.05, 0.1) is 19.2 Å². The number of hydrogen-bond acceptors (Lipinski definition) is 7. The fourth-order valence-corrected chi connectivity index (χ4v) is 4.63. The van der Waals surface area contributed by atoms with Gasteiger partial charge in [-0.25, -0.2) is 9.97 Å². The normalized spacial score (nSPS) is 20.5. The van der Waals surface area contributed by atoms with Crippen LogP contribution < -0.4 is 4.90 Å². The first kappa shape index (κ1) is 21.5. The van der Waals surface area contributed by atoms with Gasteiger partial charge >= 0.3 is 5.97 Å². The molecule has 2 aliphatic heterocycles. The van der Waals surface area contributed by atoms with Gasteiger partial charge in [-0.05, 0) is 37.9 Å². The van der Waals surface area contributed by atoms with Crippen LogP contribution in [0.4, 0.5) is 5.82 Å². The Balaban J connectivity index is 1.63. The number of carbonyl (C=O) groups excluding carboxylic acids is 2. The maximum atomic E-state index is 12.3. The summed E-state index contributed by atoms with van der Waals surface area (Å²) in [5.74, 6) is 1.57. The number of rotatable bonds is 4. The Morgan fingerprint density at radius 2 is 1.87 bits per heavy atom. The maximum absolute atomic E-state index is 12.3. The van der Waals surface area contributed by atoms with Crippen LogP contribution in [0.1, 0.15) is 38.4 Å². The van der Waals surface area contributed by atoms with E-state index in [1.165, 1.54) is 7.11 Å². The van der Waals surface area contributed by atoms with E-state index in [9.17, 15) is 9.59 Å². The SMILES string of the molecule is COC(=O)C1CCCCN1Cc1nc(N2CCCN(C(C)=O)CC2)c2ccccc2n1. The van der Waals surface area contributed by atoms with Crippen molar-refractivity contribution in [1.29, 1.82) is 0 Å². The van der Waals surface area contributed by atoms with Crippen LogP contribution in [0.5, 0.6) is 0 Å². The highest BCUT2D eigenvalue weighted by molar-refractivity contribution is 5.89. The number of amides is 1. The largest absolute Gasteiger partial charge is 0.468 e. The minimum absolute atomic E-state index is 0.119. The van der Waals surface area contributed by atoms with Gasteiger partial charge in [0.25, 0.3) is 0 Å². The van der Waals surface area contributed by atoms with Gasteiger partial charge in [-0.3, -0.25) is 14.5 Å². The lowest BCUT2D eigenvalue weighted by Gasteiger charge is -2.33. The zero-order valence-electron chi connectivity index (χ0n) is 18.4. The molecule has 4 rings (SSSR count). The van der Waals surface area contributed by atoms with Crippen LogP contribution in [-0.2, 0) is 20.9 Å². The quantitative estimate of drug-likeness (QED) is 0.695. The molecule has 0 saturated carbocycles. The van der Waals surface area contributed by atoms with Crippen molar-refractivity contribution in [2.45, 2.75) is 45.2 Å². The third-order valence-electron chi connectivity index (χ3n) is 6.30. The zero-order chi connectivity index (χ0) is 21.8. The standard InChI is InChI=1S/C23H31N5O3/c1-17(29)26-12-7-13-27(15-14-26)22-18-8-3-4-9-19(18)24-21(25-22)16-28-11-6-5-10-20(28)23(30)31-2/h3-4,8-9,20H,5-7,10-16H2,1-2H3. The first-order valence-electron chi connectivity index (χ1n) is 11.1. The molecule has 1 unspecified atom stereocenters. The number of methoxy groups -OCH3 is 1. The number of nitrogens with zero attached hydrogens (tertiary/aromatic N) is 5. The number of hydrogen-bond donors (Lipinski definition) is 0. The van der Waals surface area contributed by atoms with Gasteiger partial charge in [-0.1, -0.05) is 18.6 Å². The molecular weight excluding hydrogens is 394 g/mol. The third-order valence-corrected chi connectivity index (χ3v) is 6.30. The lowest BCUT2D eigenvalue weighted by atomic mass is 10.0. The van der Waals surface area contributed by atoms with Crippen molar-refractivity contribution in [3.05, 3.63) is 30.1 Å². The fraction of sp³-hybridized carbons (Fsp3) is 0.565. The van der Waals surface area contributed by atoms with E-state index >= 15 is 0 Å². The molecule has 2 fully saturated rings. The van der Waals surface area contributed by atoms with Crippen molar-refractivity contribution in [2.75, 3.05) is 44.7 Å². The van der Waals surface area contributed by atoms with E-state index in [1.807, 2.05) is 23.1 Å². The van der Waals surface area contributed by atoms with E-state index in [0.717, 1.165) is 74.4 Å². The van der Waals surface area contributed by atoms with E-state index in [1.54, 1.807) is 6.92 Å². The highest BCUT2D eigenvalue weighted by Crippen LogP contribution is 2.27. The molecule has 0 spiro atoms. The predicted octanol–water partition coefficient (Wildman–Crippen LogP) is 2.22. The summed E-state index contributed by atoms with van der Waals surface area (Å²) in [5.41, 5.74) is 0.904. The van der Waals surface area contributed by atoms with Crippen LogP contribution in [0.2, 0.25) is 0 Å². The number of esters is 1. The molecule has 0 radical (unpaired) electrons. The number of piperidine rings is 1. The van der Waals surface area contributed by atoms with Crippen LogP contribution in [0, 0.1) is 0 Å². The minimum atomic E-state index is -0.236. The average Bonchev–Trinajstić information content (AvgIpc) is 3.05. The molecule has 8 nitrogen and oxygen atoms in total. The van der Waals surface area contributed by atoms with Crippen LogP contribution in [0.25, 0.3) is 10.9 Å². The summed E-state index contributed by atoms with van der Waals surface area (Å²) in [4.78, 5) is 40.2. The van der Waals surface area contributed by atoms with E-state index in [-0.39, 0.29) is 17.9 Å². The Morgan fingerprint density at radius 3 is 2.68 bits per heavy atom. The Hall–Kier alpha value is -2.74. The van der Waals surface area contributed by atoms with Gasteiger partial charge in [-0.2, -0.15) is 0 Å². The number of ether oxygens (including phenoxy) is 1. The van der Waals surface area contributed by atoms with E-state index in [2.05, 4.69) is 15.9 Å². The molecule has 2 aliphatic rings. The molecule has 0 bridgehead atoms. The lowest BCUT2D eigenvalue weighted by Crippen LogP contribution is -2.45. The summed E-state index contributed by atoms with van der Waals surface area (Å²) in [6.45, 7) is 6.04. The lowest BCUT2D eigenvalue weighted by molar-refractivity contribution is -0.148. The minimum Gasteiger partial charge on any atom is -0.468 e. The van der Waals surface area contributed by atoms with Crippen LogP contribution in [0.15, 0.2) is 24.3 Å². The molecule has 0 N–H and O–H groups in total. The van der Waals surface area contributed by atoms with Gasteiger partial charge in [0.15, 0.2) is 0 Å². The topological polar surface area (TPSA) is 78.9 Å². The molecule has 1 aromatic heterocycles. The number of para-hydroxylation sites is 1. The number of anilines is 1. The fourth-order valence-electron chi connectivity index (χ4n) is 4.63. The van der Waals surface area contributed by atoms with Gasteiger partial charge in [-0.15, -0.1) is 0 Å². The molecule has 1 aromatic carbocycles. The second-order valence-electron chi connectivity index (χ2n) is 8.33. The molecule has 2 aromatic rings. The first-order chi connectivity index (χ1) is 15.1. The molecular formula is C23H31N5O3. The van der Waals surface area contributed by atoms with Crippen molar-refractivity contribution in [1.82, 2.24) is 19.8 Å². The number of fused-ring (bicyclic) bond motifs is 1. The van der Waals surface area contributed by atoms with Crippen LogP contribution in [0.3, 0.4) is 0 Å². The van der Waals surface area contributed by atoms with E-state index in [4.69, 9.17) is 14.7 Å². The van der Waals surface area contributed by atoms with Gasteiger partial charge < -0.3 is 14.5 Å². The number of aromatic nitrogens is 2. The Kier molecular flexibility index (Phi) is 6.65. The molecule has 3 heterocycles. The number of benzene rings is 1. The molecule has 31 heavy (non-hydrogen) atoms.